The van der Waals surface area contributed by atoms with Crippen molar-refractivity contribution in [2.24, 2.45) is 0 Å². The summed E-state index contributed by atoms with van der Waals surface area (Å²) in [6.45, 7) is 5.74. The second-order valence-corrected chi connectivity index (χ2v) is 20.4. The zero-order chi connectivity index (χ0) is 51.1. The smallest absolute Gasteiger partial charge is 0.306 e. The van der Waals surface area contributed by atoms with Crippen molar-refractivity contribution in [2.45, 2.75) is 314 Å². The third-order valence-electron chi connectivity index (χ3n) is 13.8. The molecule has 0 aromatic carbocycles. The predicted octanol–water partition coefficient (Wildman–Crippen LogP) is 13.1. The van der Waals surface area contributed by atoms with Crippen LogP contribution in [0.15, 0.2) is 36.5 Å². The summed E-state index contributed by atoms with van der Waals surface area (Å²) in [5.41, 5.74) is 0. The van der Waals surface area contributed by atoms with Gasteiger partial charge in [-0.15, -0.1) is 0 Å². The molecule has 1 saturated heterocycles. The van der Waals surface area contributed by atoms with E-state index in [4.69, 9.17) is 14.2 Å². The molecule has 1 rings (SSSR count). The molecule has 11 nitrogen and oxygen atoms in total. The number of hydrogen-bond acceptors (Lipinski definition) is 10. The van der Waals surface area contributed by atoms with Crippen LogP contribution in [0.1, 0.15) is 265 Å². The van der Waals surface area contributed by atoms with Crippen molar-refractivity contribution in [3.8, 4) is 0 Å². The van der Waals surface area contributed by atoms with Crippen LogP contribution in [0, 0.1) is 0 Å². The number of allylic oxidation sites excluding steroid dienone is 5. The Morgan fingerprint density at radius 1 is 0.557 bits per heavy atom. The van der Waals surface area contributed by atoms with E-state index in [9.17, 15) is 35.1 Å². The van der Waals surface area contributed by atoms with Crippen molar-refractivity contribution in [1.29, 1.82) is 0 Å². The first kappa shape index (κ1) is 65.9. The fraction of sp³-hybridized carbons (Fsp3) is 0.864. The zero-order valence-corrected chi connectivity index (χ0v) is 45.1. The molecule has 0 spiro atoms. The average molecular weight is 993 g/mol. The van der Waals surface area contributed by atoms with Gasteiger partial charge in [-0.1, -0.05) is 237 Å². The van der Waals surface area contributed by atoms with Crippen molar-refractivity contribution in [3.05, 3.63) is 36.5 Å². The summed E-state index contributed by atoms with van der Waals surface area (Å²) in [6.07, 6.45) is 44.7. The third-order valence-corrected chi connectivity index (χ3v) is 13.8. The van der Waals surface area contributed by atoms with Crippen molar-refractivity contribution >= 4 is 11.9 Å². The Hall–Kier alpha value is -2.12. The minimum atomic E-state index is -1.61. The number of aliphatic hydroxyl groups is 5. The van der Waals surface area contributed by atoms with Gasteiger partial charge in [0.2, 0.25) is 5.91 Å². The minimum absolute atomic E-state index is 0.121. The number of nitrogens with one attached hydrogen (secondary N) is 1. The van der Waals surface area contributed by atoms with Crippen LogP contribution in [0.25, 0.3) is 0 Å². The number of carbonyl (C=O) groups is 2. The lowest BCUT2D eigenvalue weighted by Crippen LogP contribution is -2.61. The molecule has 1 heterocycles. The Morgan fingerprint density at radius 2 is 0.986 bits per heavy atom. The molecule has 410 valence electrons. The summed E-state index contributed by atoms with van der Waals surface area (Å²) in [7, 11) is 0. The van der Waals surface area contributed by atoms with Gasteiger partial charge in [0.05, 0.1) is 25.4 Å². The van der Waals surface area contributed by atoms with E-state index in [0.29, 0.717) is 19.3 Å². The normalized spacial score (nSPS) is 19.9. The number of carbonyl (C=O) groups excluding carboxylic acids is 2. The first-order chi connectivity index (χ1) is 34.2. The molecule has 0 aliphatic carbocycles. The summed E-state index contributed by atoms with van der Waals surface area (Å²) in [5.74, 6) is -1.19. The second-order valence-electron chi connectivity index (χ2n) is 20.4. The number of unbranched alkanes of at least 4 members (excludes halogenated alkanes) is 31. The molecule has 11 heteroatoms. The van der Waals surface area contributed by atoms with Crippen LogP contribution in [-0.4, -0.2) is 99.6 Å². The molecule has 70 heavy (non-hydrogen) atoms. The van der Waals surface area contributed by atoms with Gasteiger partial charge in [0.25, 0.3) is 0 Å². The van der Waals surface area contributed by atoms with Crippen LogP contribution >= 0.6 is 0 Å². The lowest BCUT2D eigenvalue weighted by Gasteiger charge is -2.41. The van der Waals surface area contributed by atoms with E-state index in [1.54, 1.807) is 6.08 Å². The first-order valence-corrected chi connectivity index (χ1v) is 29.3. The molecule has 0 aromatic rings. The standard InChI is InChI=1S/C59H109NO10/c1-4-7-10-13-16-19-22-24-25-26-27-28-29-30-32-35-38-41-44-47-54(64)70-57-56(66)55(65)53(48-61)69-59(57)68-49-50(51(62)45-42-39-36-34-31-23-20-17-14-11-8-5-2)60-58(67)52(63)46-43-40-37-33-21-18-15-12-9-6-3/h16,19,24-25,42,45,50-53,55-57,59,61-63,65-66H,4-15,17-18,20-23,26-41,43-44,46-49H2,1-3H3,(H,60,67)/b19-16-,25-24-,45-42+. The molecule has 0 saturated carbocycles. The lowest BCUT2D eigenvalue weighted by atomic mass is 9.99. The van der Waals surface area contributed by atoms with Gasteiger partial charge in [0, 0.05) is 6.42 Å². The lowest BCUT2D eigenvalue weighted by molar-refractivity contribution is -0.305. The van der Waals surface area contributed by atoms with E-state index in [-0.39, 0.29) is 13.0 Å². The van der Waals surface area contributed by atoms with Crippen molar-refractivity contribution in [1.82, 2.24) is 5.32 Å². The molecule has 8 atom stereocenters. The first-order valence-electron chi connectivity index (χ1n) is 29.3. The summed E-state index contributed by atoms with van der Waals surface area (Å²) >= 11 is 0. The van der Waals surface area contributed by atoms with Gasteiger partial charge < -0.3 is 45.1 Å². The molecule has 6 N–H and O–H groups in total. The average Bonchev–Trinajstić information content (AvgIpc) is 3.36. The molecule has 1 amide bonds. The van der Waals surface area contributed by atoms with Crippen LogP contribution < -0.4 is 5.32 Å². The molecule has 0 aromatic heterocycles. The highest BCUT2D eigenvalue weighted by Gasteiger charge is 2.47. The number of amides is 1. The monoisotopic (exact) mass is 992 g/mol. The quantitative estimate of drug-likeness (QED) is 0.0195. The minimum Gasteiger partial charge on any atom is -0.454 e. The SMILES string of the molecule is CCCCC/C=C\C/C=C\CCCCCCCCCCCC(=O)OC1C(OCC(NC(=O)C(O)CCCCCCCCCCCC)C(O)/C=C/CCCCCCCCCCCC)OC(CO)C(O)C1O. The fourth-order valence-electron chi connectivity index (χ4n) is 9.09. The molecule has 1 fully saturated rings. The predicted molar refractivity (Wildman–Crippen MR) is 287 cm³/mol. The van der Waals surface area contributed by atoms with Gasteiger partial charge in [-0.3, -0.25) is 9.59 Å². The maximum Gasteiger partial charge on any atom is 0.306 e. The highest BCUT2D eigenvalue weighted by Crippen LogP contribution is 2.26. The van der Waals surface area contributed by atoms with Gasteiger partial charge in [0.1, 0.15) is 24.4 Å². The van der Waals surface area contributed by atoms with Crippen molar-refractivity contribution in [3.63, 3.8) is 0 Å². The largest absolute Gasteiger partial charge is 0.454 e. The Morgan fingerprint density at radius 3 is 1.49 bits per heavy atom. The Kier molecular flexibility index (Phi) is 45.1. The van der Waals surface area contributed by atoms with Gasteiger partial charge in [-0.2, -0.15) is 0 Å². The van der Waals surface area contributed by atoms with Crippen LogP contribution in [0.5, 0.6) is 0 Å². The third kappa shape index (κ3) is 35.9. The number of aliphatic hydroxyl groups excluding tert-OH is 5. The highest BCUT2D eigenvalue weighted by molar-refractivity contribution is 5.80. The topological polar surface area (TPSA) is 175 Å². The van der Waals surface area contributed by atoms with Gasteiger partial charge in [-0.05, 0) is 57.8 Å². The molecular weight excluding hydrogens is 883 g/mol. The van der Waals surface area contributed by atoms with E-state index in [0.717, 1.165) is 70.6 Å². The number of rotatable bonds is 49. The summed E-state index contributed by atoms with van der Waals surface area (Å²) in [5, 5.41) is 56.7. The van der Waals surface area contributed by atoms with E-state index in [1.165, 1.54) is 148 Å². The van der Waals surface area contributed by atoms with Crippen molar-refractivity contribution < 1.29 is 49.3 Å². The fourth-order valence-corrected chi connectivity index (χ4v) is 9.09. The highest BCUT2D eigenvalue weighted by atomic mass is 16.7. The number of hydrogen-bond donors (Lipinski definition) is 6. The maximum atomic E-state index is 13.3. The molecule has 1 aliphatic heterocycles. The van der Waals surface area contributed by atoms with E-state index < -0.39 is 67.4 Å². The molecular formula is C59H109NO10. The van der Waals surface area contributed by atoms with E-state index >= 15 is 0 Å². The van der Waals surface area contributed by atoms with E-state index in [1.807, 2.05) is 6.08 Å². The summed E-state index contributed by atoms with van der Waals surface area (Å²) in [6, 6.07) is -1.02. The van der Waals surface area contributed by atoms with Gasteiger partial charge in [0.15, 0.2) is 12.4 Å². The Bertz CT molecular complexity index is 1280. The Labute approximate surface area is 428 Å². The number of ether oxygens (including phenoxy) is 3. The zero-order valence-electron chi connectivity index (χ0n) is 45.1. The van der Waals surface area contributed by atoms with Crippen molar-refractivity contribution in [2.75, 3.05) is 13.2 Å². The molecule has 0 radical (unpaired) electrons. The van der Waals surface area contributed by atoms with E-state index in [2.05, 4.69) is 50.4 Å². The van der Waals surface area contributed by atoms with Crippen LogP contribution in [0.4, 0.5) is 0 Å². The Balaban J connectivity index is 2.68. The summed E-state index contributed by atoms with van der Waals surface area (Å²) in [4.78, 5) is 26.4. The van der Waals surface area contributed by atoms with Gasteiger partial charge in [-0.25, -0.2) is 0 Å². The van der Waals surface area contributed by atoms with Gasteiger partial charge >= 0.3 is 5.97 Å². The second kappa shape index (κ2) is 47.9. The number of esters is 1. The van der Waals surface area contributed by atoms with Crippen LogP contribution in [-0.2, 0) is 23.8 Å². The van der Waals surface area contributed by atoms with Crippen LogP contribution in [0.3, 0.4) is 0 Å². The summed E-state index contributed by atoms with van der Waals surface area (Å²) < 4.78 is 17.6. The molecule has 1 aliphatic rings. The molecule has 0 bridgehead atoms. The molecule has 8 unspecified atom stereocenters. The maximum absolute atomic E-state index is 13.3. The van der Waals surface area contributed by atoms with Crippen LogP contribution in [0.2, 0.25) is 0 Å².